The van der Waals surface area contributed by atoms with Gasteiger partial charge in [0.15, 0.2) is 0 Å². The van der Waals surface area contributed by atoms with Crippen molar-refractivity contribution in [3.63, 3.8) is 0 Å². The Balaban J connectivity index is 1.64. The van der Waals surface area contributed by atoms with E-state index in [9.17, 15) is 4.79 Å². The minimum Gasteiger partial charge on any atom is -0.494 e. The highest BCUT2D eigenvalue weighted by atomic mass is 16.5. The van der Waals surface area contributed by atoms with Crippen molar-refractivity contribution in [1.29, 1.82) is 0 Å². The number of amides is 1. The monoisotopic (exact) mass is 381 g/mol. The van der Waals surface area contributed by atoms with Gasteiger partial charge >= 0.3 is 0 Å². The average Bonchev–Trinajstić information content (AvgIpc) is 2.99. The van der Waals surface area contributed by atoms with E-state index in [2.05, 4.69) is 5.32 Å². The number of benzene rings is 2. The molecule has 1 fully saturated rings. The minimum absolute atomic E-state index is 0.000687. The molecule has 0 heterocycles. The number of ether oxygens (including phenoxy) is 2. The van der Waals surface area contributed by atoms with Crippen LogP contribution in [0.3, 0.4) is 0 Å². The summed E-state index contributed by atoms with van der Waals surface area (Å²) in [5.41, 5.74) is 2.71. The van der Waals surface area contributed by atoms with Gasteiger partial charge in [-0.1, -0.05) is 56.0 Å². The largest absolute Gasteiger partial charge is 0.494 e. The predicted molar refractivity (Wildman–Crippen MR) is 112 cm³/mol. The molecule has 0 aromatic heterocycles. The molecule has 1 saturated carbocycles. The summed E-state index contributed by atoms with van der Waals surface area (Å²) in [6, 6.07) is 16.0. The van der Waals surface area contributed by atoms with E-state index in [1.165, 1.54) is 25.7 Å². The number of carbonyl (C=O) groups excluding carboxylic acids is 1. The third-order valence-electron chi connectivity index (χ3n) is 5.18. The van der Waals surface area contributed by atoms with Crippen LogP contribution in [0.2, 0.25) is 0 Å². The van der Waals surface area contributed by atoms with Crippen LogP contribution in [0.5, 0.6) is 5.75 Å². The van der Waals surface area contributed by atoms with Gasteiger partial charge in [0.25, 0.3) is 5.91 Å². The molecule has 150 valence electrons. The number of hydrogen-bond acceptors (Lipinski definition) is 3. The van der Waals surface area contributed by atoms with E-state index in [0.717, 1.165) is 29.7 Å². The molecule has 1 amide bonds. The van der Waals surface area contributed by atoms with Gasteiger partial charge in [0.05, 0.1) is 19.8 Å². The molecule has 4 nitrogen and oxygen atoms in total. The van der Waals surface area contributed by atoms with Gasteiger partial charge in [0.1, 0.15) is 5.75 Å². The van der Waals surface area contributed by atoms with E-state index < -0.39 is 0 Å². The molecule has 3 rings (SSSR count). The van der Waals surface area contributed by atoms with Crippen molar-refractivity contribution in [3.05, 3.63) is 65.2 Å². The first-order valence-corrected chi connectivity index (χ1v) is 10.4. The lowest BCUT2D eigenvalue weighted by atomic mass is 10.1. The van der Waals surface area contributed by atoms with Crippen molar-refractivity contribution >= 4 is 5.91 Å². The Kier molecular flexibility index (Phi) is 7.92. The first-order valence-electron chi connectivity index (χ1n) is 10.4. The van der Waals surface area contributed by atoms with E-state index in [4.69, 9.17) is 9.47 Å². The van der Waals surface area contributed by atoms with E-state index >= 15 is 0 Å². The Bertz CT molecular complexity index is 737. The molecule has 0 unspecified atom stereocenters. The van der Waals surface area contributed by atoms with Crippen molar-refractivity contribution in [1.82, 2.24) is 5.32 Å². The summed E-state index contributed by atoms with van der Waals surface area (Å²) in [6.07, 6.45) is 7.11. The summed E-state index contributed by atoms with van der Waals surface area (Å²) >= 11 is 0. The molecule has 28 heavy (non-hydrogen) atoms. The van der Waals surface area contributed by atoms with Gasteiger partial charge in [0, 0.05) is 17.2 Å². The van der Waals surface area contributed by atoms with E-state index in [1.54, 1.807) is 0 Å². The normalized spacial score (nSPS) is 15.0. The molecule has 1 aliphatic carbocycles. The summed E-state index contributed by atoms with van der Waals surface area (Å²) in [6.45, 7) is 3.49. The van der Waals surface area contributed by atoms with Crippen LogP contribution in [0.15, 0.2) is 48.5 Å². The number of rotatable bonds is 8. The van der Waals surface area contributed by atoms with Crippen molar-refractivity contribution < 1.29 is 14.3 Å². The summed E-state index contributed by atoms with van der Waals surface area (Å²) in [5.74, 6) is 0.779. The average molecular weight is 382 g/mol. The van der Waals surface area contributed by atoms with Gasteiger partial charge in [-0.3, -0.25) is 4.79 Å². The predicted octanol–water partition coefficient (Wildman–Crippen LogP) is 5.25. The number of carbonyl (C=O) groups is 1. The molecule has 0 radical (unpaired) electrons. The fourth-order valence-electron chi connectivity index (χ4n) is 3.68. The number of hydrogen-bond donors (Lipinski definition) is 1. The number of nitrogens with one attached hydrogen (secondary N) is 1. The van der Waals surface area contributed by atoms with Gasteiger partial charge in [-0.15, -0.1) is 0 Å². The Morgan fingerprint density at radius 3 is 2.46 bits per heavy atom. The van der Waals surface area contributed by atoms with Crippen molar-refractivity contribution in [2.45, 2.75) is 64.7 Å². The first-order chi connectivity index (χ1) is 13.8. The molecule has 0 aliphatic heterocycles. The van der Waals surface area contributed by atoms with Gasteiger partial charge in [-0.25, -0.2) is 0 Å². The van der Waals surface area contributed by atoms with Gasteiger partial charge < -0.3 is 14.8 Å². The Morgan fingerprint density at radius 1 is 1.00 bits per heavy atom. The lowest BCUT2D eigenvalue weighted by Crippen LogP contribution is -2.34. The Hall–Kier alpha value is -2.33. The molecular weight excluding hydrogens is 350 g/mol. The SMILES string of the molecule is CCOc1ccc(C(=O)NC2CCCCCC2)cc1COCc1ccccc1. The van der Waals surface area contributed by atoms with Crippen LogP contribution in [0, 0.1) is 0 Å². The summed E-state index contributed by atoms with van der Waals surface area (Å²) in [4.78, 5) is 12.7. The Morgan fingerprint density at radius 2 is 1.75 bits per heavy atom. The Labute approximate surface area is 168 Å². The summed E-state index contributed by atoms with van der Waals surface area (Å²) in [7, 11) is 0. The van der Waals surface area contributed by atoms with Gasteiger partial charge in [-0.2, -0.15) is 0 Å². The molecule has 0 spiro atoms. The van der Waals surface area contributed by atoms with Crippen molar-refractivity contribution in [2.24, 2.45) is 0 Å². The molecule has 1 aliphatic rings. The summed E-state index contributed by atoms with van der Waals surface area (Å²) in [5, 5.41) is 3.22. The molecule has 2 aromatic carbocycles. The zero-order valence-corrected chi connectivity index (χ0v) is 16.8. The van der Waals surface area contributed by atoms with E-state index in [0.29, 0.717) is 31.4 Å². The highest BCUT2D eigenvalue weighted by Crippen LogP contribution is 2.23. The molecule has 0 atom stereocenters. The summed E-state index contributed by atoms with van der Waals surface area (Å²) < 4.78 is 11.6. The molecule has 4 heteroatoms. The third kappa shape index (κ3) is 6.10. The highest BCUT2D eigenvalue weighted by molar-refractivity contribution is 5.94. The fraction of sp³-hybridized carbons (Fsp3) is 0.458. The minimum atomic E-state index is -0.000687. The zero-order chi connectivity index (χ0) is 19.6. The van der Waals surface area contributed by atoms with Crippen LogP contribution < -0.4 is 10.1 Å². The van der Waals surface area contributed by atoms with Crippen molar-refractivity contribution in [3.8, 4) is 5.75 Å². The van der Waals surface area contributed by atoms with Crippen LogP contribution in [-0.2, 0) is 18.0 Å². The van der Waals surface area contributed by atoms with Crippen LogP contribution >= 0.6 is 0 Å². The molecule has 0 saturated heterocycles. The van der Waals surface area contributed by atoms with E-state index in [1.807, 2.05) is 55.5 Å². The maximum atomic E-state index is 12.7. The van der Waals surface area contributed by atoms with Crippen molar-refractivity contribution in [2.75, 3.05) is 6.61 Å². The molecule has 2 aromatic rings. The quantitative estimate of drug-likeness (QED) is 0.635. The second-order valence-electron chi connectivity index (χ2n) is 7.40. The highest BCUT2D eigenvalue weighted by Gasteiger charge is 2.17. The van der Waals surface area contributed by atoms with Crippen LogP contribution in [0.4, 0.5) is 0 Å². The molecule has 0 bridgehead atoms. The fourth-order valence-corrected chi connectivity index (χ4v) is 3.68. The third-order valence-corrected chi connectivity index (χ3v) is 5.18. The molecule has 1 N–H and O–H groups in total. The lowest BCUT2D eigenvalue weighted by Gasteiger charge is -2.17. The maximum absolute atomic E-state index is 12.7. The van der Waals surface area contributed by atoms with Gasteiger partial charge in [0.2, 0.25) is 0 Å². The smallest absolute Gasteiger partial charge is 0.251 e. The van der Waals surface area contributed by atoms with Crippen LogP contribution in [-0.4, -0.2) is 18.6 Å². The topological polar surface area (TPSA) is 47.6 Å². The molecular formula is C24H31NO3. The second-order valence-corrected chi connectivity index (χ2v) is 7.40. The standard InChI is InChI=1S/C24H31NO3/c1-2-28-23-15-14-20(24(26)25-22-12-8-3-4-9-13-22)16-21(23)18-27-17-19-10-6-5-7-11-19/h5-7,10-11,14-16,22H,2-4,8-9,12-13,17-18H2,1H3,(H,25,26). The van der Waals surface area contributed by atoms with Crippen LogP contribution in [0.25, 0.3) is 0 Å². The van der Waals surface area contributed by atoms with Crippen LogP contribution in [0.1, 0.15) is 66.9 Å². The lowest BCUT2D eigenvalue weighted by molar-refractivity contribution is 0.0931. The zero-order valence-electron chi connectivity index (χ0n) is 16.8. The maximum Gasteiger partial charge on any atom is 0.251 e. The van der Waals surface area contributed by atoms with E-state index in [-0.39, 0.29) is 5.91 Å². The second kappa shape index (κ2) is 10.9. The first kappa shape index (κ1) is 20.4. The van der Waals surface area contributed by atoms with Gasteiger partial charge in [-0.05, 0) is 43.5 Å².